The molecule has 2 heterocycles. The maximum absolute atomic E-state index is 12.0. The van der Waals surface area contributed by atoms with Gasteiger partial charge in [0.1, 0.15) is 6.61 Å². The average molecular weight is 306 g/mol. The molecule has 1 unspecified atom stereocenters. The van der Waals surface area contributed by atoms with Crippen LogP contribution >= 0.6 is 0 Å². The predicted molar refractivity (Wildman–Crippen MR) is 76.7 cm³/mol. The van der Waals surface area contributed by atoms with E-state index in [1.807, 2.05) is 12.1 Å². The van der Waals surface area contributed by atoms with Crippen molar-refractivity contribution in [3.63, 3.8) is 0 Å². The molecule has 0 aliphatic carbocycles. The van der Waals surface area contributed by atoms with Crippen molar-refractivity contribution in [3.05, 3.63) is 23.8 Å². The Morgan fingerprint density at radius 2 is 2.18 bits per heavy atom. The maximum atomic E-state index is 12.0. The van der Waals surface area contributed by atoms with E-state index in [-0.39, 0.29) is 37.7 Å². The van der Waals surface area contributed by atoms with Gasteiger partial charge in [0.2, 0.25) is 18.6 Å². The van der Waals surface area contributed by atoms with E-state index in [9.17, 15) is 9.59 Å². The molecule has 3 rings (SSSR count). The standard InChI is InChI=1S/C15H18N2O5/c1-17-7-11(20-8-15(17)19)6-16-14(18)5-10-2-3-12-13(4-10)22-9-21-12/h2-4,11H,5-9H2,1H3,(H,16,18). The number of amides is 2. The van der Waals surface area contributed by atoms with Crippen molar-refractivity contribution in [2.24, 2.45) is 0 Å². The van der Waals surface area contributed by atoms with Crippen molar-refractivity contribution in [1.82, 2.24) is 10.2 Å². The van der Waals surface area contributed by atoms with Crippen LogP contribution in [-0.2, 0) is 20.7 Å². The lowest BCUT2D eigenvalue weighted by Crippen LogP contribution is -2.48. The number of hydrogen-bond donors (Lipinski definition) is 1. The van der Waals surface area contributed by atoms with Gasteiger partial charge in [-0.05, 0) is 17.7 Å². The minimum Gasteiger partial charge on any atom is -0.454 e. The number of morpholine rings is 1. The zero-order chi connectivity index (χ0) is 15.5. The fraction of sp³-hybridized carbons (Fsp3) is 0.467. The number of likely N-dealkylation sites (N-methyl/N-ethyl adjacent to an activating group) is 1. The van der Waals surface area contributed by atoms with E-state index in [1.54, 1.807) is 18.0 Å². The third-order valence-electron chi connectivity index (χ3n) is 3.67. The molecule has 1 aromatic carbocycles. The van der Waals surface area contributed by atoms with E-state index in [1.165, 1.54) is 0 Å². The zero-order valence-electron chi connectivity index (χ0n) is 12.3. The fourth-order valence-corrected chi connectivity index (χ4v) is 2.41. The summed E-state index contributed by atoms with van der Waals surface area (Å²) in [7, 11) is 1.73. The van der Waals surface area contributed by atoms with Gasteiger partial charge in [-0.25, -0.2) is 0 Å². The fourth-order valence-electron chi connectivity index (χ4n) is 2.41. The van der Waals surface area contributed by atoms with Gasteiger partial charge in [0.25, 0.3) is 0 Å². The Kier molecular flexibility index (Phi) is 4.15. The molecule has 0 saturated carbocycles. The summed E-state index contributed by atoms with van der Waals surface area (Å²) in [5.41, 5.74) is 0.860. The summed E-state index contributed by atoms with van der Waals surface area (Å²) >= 11 is 0. The highest BCUT2D eigenvalue weighted by molar-refractivity contribution is 5.79. The summed E-state index contributed by atoms with van der Waals surface area (Å²) < 4.78 is 15.9. The topological polar surface area (TPSA) is 77.1 Å². The molecule has 2 aliphatic heterocycles. The molecule has 1 saturated heterocycles. The van der Waals surface area contributed by atoms with Crippen LogP contribution in [-0.4, -0.2) is 56.4 Å². The first kappa shape index (κ1) is 14.6. The van der Waals surface area contributed by atoms with Crippen molar-refractivity contribution < 1.29 is 23.8 Å². The van der Waals surface area contributed by atoms with Crippen molar-refractivity contribution in [1.29, 1.82) is 0 Å². The van der Waals surface area contributed by atoms with E-state index >= 15 is 0 Å². The monoisotopic (exact) mass is 306 g/mol. The van der Waals surface area contributed by atoms with Gasteiger partial charge in [-0.15, -0.1) is 0 Å². The molecule has 118 valence electrons. The Morgan fingerprint density at radius 3 is 3.00 bits per heavy atom. The van der Waals surface area contributed by atoms with E-state index in [0.29, 0.717) is 24.6 Å². The zero-order valence-corrected chi connectivity index (χ0v) is 12.3. The molecule has 1 atom stereocenters. The highest BCUT2D eigenvalue weighted by Gasteiger charge is 2.23. The molecular formula is C15H18N2O5. The quantitative estimate of drug-likeness (QED) is 0.843. The first-order chi connectivity index (χ1) is 10.6. The van der Waals surface area contributed by atoms with Gasteiger partial charge in [-0.2, -0.15) is 0 Å². The molecule has 22 heavy (non-hydrogen) atoms. The molecule has 2 aliphatic rings. The molecule has 1 fully saturated rings. The molecule has 7 heteroatoms. The van der Waals surface area contributed by atoms with Gasteiger partial charge in [-0.1, -0.05) is 6.07 Å². The maximum Gasteiger partial charge on any atom is 0.248 e. The van der Waals surface area contributed by atoms with Crippen LogP contribution in [0.4, 0.5) is 0 Å². The summed E-state index contributed by atoms with van der Waals surface area (Å²) in [6.45, 7) is 1.17. The van der Waals surface area contributed by atoms with Gasteiger partial charge in [0.15, 0.2) is 11.5 Å². The van der Waals surface area contributed by atoms with Crippen LogP contribution < -0.4 is 14.8 Å². The van der Waals surface area contributed by atoms with Crippen molar-refractivity contribution in [3.8, 4) is 11.5 Å². The summed E-state index contributed by atoms with van der Waals surface area (Å²) in [5.74, 6) is 1.23. The summed E-state index contributed by atoms with van der Waals surface area (Å²) in [6, 6.07) is 5.46. The molecule has 2 amide bonds. The van der Waals surface area contributed by atoms with Crippen molar-refractivity contribution in [2.75, 3.05) is 33.5 Å². The largest absolute Gasteiger partial charge is 0.454 e. The first-order valence-corrected chi connectivity index (χ1v) is 7.12. The number of carbonyl (C=O) groups is 2. The van der Waals surface area contributed by atoms with Gasteiger partial charge < -0.3 is 24.4 Å². The van der Waals surface area contributed by atoms with Gasteiger partial charge in [0.05, 0.1) is 12.5 Å². The molecule has 7 nitrogen and oxygen atoms in total. The van der Waals surface area contributed by atoms with Gasteiger partial charge in [-0.3, -0.25) is 9.59 Å². The van der Waals surface area contributed by atoms with Gasteiger partial charge in [0, 0.05) is 20.1 Å². The van der Waals surface area contributed by atoms with Crippen LogP contribution in [0.1, 0.15) is 5.56 Å². The van der Waals surface area contributed by atoms with Crippen LogP contribution in [0.25, 0.3) is 0 Å². The minimum atomic E-state index is -0.164. The summed E-state index contributed by atoms with van der Waals surface area (Å²) in [6.07, 6.45) is 0.0985. The normalized spacial score (nSPS) is 20.1. The van der Waals surface area contributed by atoms with E-state index in [4.69, 9.17) is 14.2 Å². The van der Waals surface area contributed by atoms with Crippen LogP contribution in [0, 0.1) is 0 Å². The number of benzene rings is 1. The second kappa shape index (κ2) is 6.23. The lowest BCUT2D eigenvalue weighted by atomic mass is 10.1. The molecule has 1 N–H and O–H groups in total. The third-order valence-corrected chi connectivity index (χ3v) is 3.67. The molecule has 0 radical (unpaired) electrons. The lowest BCUT2D eigenvalue weighted by Gasteiger charge is -2.29. The summed E-state index contributed by atoms with van der Waals surface area (Å²) in [4.78, 5) is 24.9. The van der Waals surface area contributed by atoms with E-state index in [2.05, 4.69) is 5.32 Å². The van der Waals surface area contributed by atoms with E-state index < -0.39 is 0 Å². The number of fused-ring (bicyclic) bond motifs is 1. The van der Waals surface area contributed by atoms with Crippen LogP contribution in [0.2, 0.25) is 0 Å². The van der Waals surface area contributed by atoms with Crippen molar-refractivity contribution in [2.45, 2.75) is 12.5 Å². The minimum absolute atomic E-state index is 0.0389. The molecular weight excluding hydrogens is 288 g/mol. The molecule has 0 bridgehead atoms. The Hall–Kier alpha value is -2.28. The number of nitrogens with one attached hydrogen (secondary N) is 1. The third kappa shape index (κ3) is 3.30. The SMILES string of the molecule is CN1CC(CNC(=O)Cc2ccc3c(c2)OCO3)OCC1=O. The number of rotatable bonds is 4. The second-order valence-corrected chi connectivity index (χ2v) is 5.38. The number of hydrogen-bond acceptors (Lipinski definition) is 5. The molecule has 0 spiro atoms. The highest BCUT2D eigenvalue weighted by atomic mass is 16.7. The van der Waals surface area contributed by atoms with Crippen LogP contribution in [0.5, 0.6) is 11.5 Å². The molecule has 1 aromatic rings. The summed E-state index contributed by atoms with van der Waals surface area (Å²) in [5, 5.41) is 2.83. The van der Waals surface area contributed by atoms with Crippen LogP contribution in [0.3, 0.4) is 0 Å². The lowest BCUT2D eigenvalue weighted by molar-refractivity contribution is -0.146. The highest BCUT2D eigenvalue weighted by Crippen LogP contribution is 2.32. The van der Waals surface area contributed by atoms with Crippen LogP contribution in [0.15, 0.2) is 18.2 Å². The number of ether oxygens (including phenoxy) is 3. The molecule has 0 aromatic heterocycles. The van der Waals surface area contributed by atoms with Crippen molar-refractivity contribution >= 4 is 11.8 Å². The second-order valence-electron chi connectivity index (χ2n) is 5.38. The Labute approximate surface area is 128 Å². The van der Waals surface area contributed by atoms with Gasteiger partial charge >= 0.3 is 0 Å². The predicted octanol–water partition coefficient (Wildman–Crippen LogP) is -0.0688. The number of nitrogens with zero attached hydrogens (tertiary/aromatic N) is 1. The first-order valence-electron chi connectivity index (χ1n) is 7.12. The van der Waals surface area contributed by atoms with E-state index in [0.717, 1.165) is 5.56 Å². The Bertz CT molecular complexity index is 589. The number of carbonyl (C=O) groups excluding carboxylic acids is 2. The Balaban J connectivity index is 1.47. The Morgan fingerprint density at radius 1 is 1.36 bits per heavy atom. The average Bonchev–Trinajstić information content (AvgIpc) is 2.96. The smallest absolute Gasteiger partial charge is 0.248 e.